The molecule has 1 aromatic rings. The Morgan fingerprint density at radius 1 is 1.50 bits per heavy atom. The molecule has 0 bridgehead atoms. The Morgan fingerprint density at radius 3 is 2.60 bits per heavy atom. The third kappa shape index (κ3) is 1.03. The average molecular weight is 139 g/mol. The van der Waals surface area contributed by atoms with Crippen LogP contribution in [0.15, 0.2) is 10.9 Å². The molecular weight excluding hydrogens is 130 g/mol. The highest BCUT2D eigenvalue weighted by molar-refractivity contribution is 5.29. The fraction of sp³-hybridized carbons (Fsp3) is 0.286. The molecule has 54 valence electrons. The summed E-state index contributed by atoms with van der Waals surface area (Å²) in [4.78, 5) is 13.2. The van der Waals surface area contributed by atoms with Gasteiger partial charge in [-0.2, -0.15) is 0 Å². The summed E-state index contributed by atoms with van der Waals surface area (Å²) < 4.78 is 0. The Morgan fingerprint density at radius 2 is 2.10 bits per heavy atom. The first-order valence-electron chi connectivity index (χ1n) is 3.01. The van der Waals surface area contributed by atoms with Crippen LogP contribution in [-0.4, -0.2) is 10.1 Å². The summed E-state index contributed by atoms with van der Waals surface area (Å²) >= 11 is 0. The summed E-state index contributed by atoms with van der Waals surface area (Å²) in [6, 6.07) is 1.72. The second-order valence-electron chi connectivity index (χ2n) is 2.31. The Kier molecular flexibility index (Phi) is 1.49. The number of hydrogen-bond acceptors (Lipinski definition) is 2. The summed E-state index contributed by atoms with van der Waals surface area (Å²) in [6.45, 7) is 3.46. The zero-order valence-corrected chi connectivity index (χ0v) is 5.93. The van der Waals surface area contributed by atoms with Crippen LogP contribution in [0.5, 0.6) is 5.75 Å². The maximum absolute atomic E-state index is 10.8. The van der Waals surface area contributed by atoms with Crippen molar-refractivity contribution in [3.05, 3.63) is 27.7 Å². The van der Waals surface area contributed by atoms with Gasteiger partial charge < -0.3 is 10.1 Å². The number of pyridine rings is 1. The van der Waals surface area contributed by atoms with E-state index < -0.39 is 5.56 Å². The van der Waals surface area contributed by atoms with E-state index in [0.717, 1.165) is 5.69 Å². The smallest absolute Gasteiger partial charge is 0.290 e. The number of rotatable bonds is 0. The minimum atomic E-state index is -0.419. The molecule has 0 amide bonds. The molecule has 0 saturated heterocycles. The van der Waals surface area contributed by atoms with Crippen molar-refractivity contribution in [2.24, 2.45) is 0 Å². The Hall–Kier alpha value is -1.25. The van der Waals surface area contributed by atoms with Crippen LogP contribution in [0.3, 0.4) is 0 Å². The number of aromatic amines is 1. The van der Waals surface area contributed by atoms with E-state index in [4.69, 9.17) is 5.11 Å². The van der Waals surface area contributed by atoms with E-state index in [1.165, 1.54) is 0 Å². The summed E-state index contributed by atoms with van der Waals surface area (Å²) in [5.41, 5.74) is 0.957. The van der Waals surface area contributed by atoms with Crippen LogP contribution in [0.25, 0.3) is 0 Å². The molecule has 0 radical (unpaired) electrons. The third-order valence-corrected chi connectivity index (χ3v) is 1.33. The van der Waals surface area contributed by atoms with Crippen molar-refractivity contribution < 1.29 is 5.11 Å². The van der Waals surface area contributed by atoms with Crippen molar-refractivity contribution in [2.45, 2.75) is 13.8 Å². The molecule has 0 aliphatic carbocycles. The molecule has 0 unspecified atom stereocenters. The molecule has 3 nitrogen and oxygen atoms in total. The van der Waals surface area contributed by atoms with Crippen molar-refractivity contribution in [1.29, 1.82) is 0 Å². The van der Waals surface area contributed by atoms with E-state index in [1.54, 1.807) is 19.9 Å². The molecule has 1 aromatic heterocycles. The van der Waals surface area contributed by atoms with Crippen molar-refractivity contribution in [1.82, 2.24) is 4.98 Å². The zero-order chi connectivity index (χ0) is 7.72. The minimum Gasteiger partial charge on any atom is -0.503 e. The van der Waals surface area contributed by atoms with Crippen LogP contribution in [0.4, 0.5) is 0 Å². The molecule has 0 atom stereocenters. The van der Waals surface area contributed by atoms with Gasteiger partial charge in [-0.05, 0) is 25.5 Å². The maximum atomic E-state index is 10.8. The second-order valence-corrected chi connectivity index (χ2v) is 2.31. The predicted octanol–water partition coefficient (Wildman–Crippen LogP) is 0.697. The second kappa shape index (κ2) is 2.17. The first-order valence-corrected chi connectivity index (χ1v) is 3.01. The molecule has 0 saturated carbocycles. The van der Waals surface area contributed by atoms with Crippen molar-refractivity contribution in [2.75, 3.05) is 0 Å². The Labute approximate surface area is 58.3 Å². The quantitative estimate of drug-likeness (QED) is 0.555. The lowest BCUT2D eigenvalue weighted by atomic mass is 10.2. The van der Waals surface area contributed by atoms with Crippen LogP contribution in [0, 0.1) is 13.8 Å². The van der Waals surface area contributed by atoms with E-state index in [1.807, 2.05) is 0 Å². The van der Waals surface area contributed by atoms with Crippen molar-refractivity contribution in [3.8, 4) is 5.75 Å². The van der Waals surface area contributed by atoms with Gasteiger partial charge in [-0.25, -0.2) is 0 Å². The molecule has 0 aromatic carbocycles. The first-order chi connectivity index (χ1) is 4.61. The molecule has 3 heteroatoms. The van der Waals surface area contributed by atoms with Crippen LogP contribution in [0.1, 0.15) is 11.3 Å². The van der Waals surface area contributed by atoms with Gasteiger partial charge >= 0.3 is 0 Å². The topological polar surface area (TPSA) is 53.1 Å². The van der Waals surface area contributed by atoms with Gasteiger partial charge in [0, 0.05) is 5.69 Å². The largest absolute Gasteiger partial charge is 0.503 e. The van der Waals surface area contributed by atoms with Gasteiger partial charge in [0.15, 0.2) is 5.75 Å². The number of H-pyrrole nitrogens is 1. The number of aromatic hydroxyl groups is 1. The molecule has 0 aliphatic heterocycles. The first kappa shape index (κ1) is 6.86. The Balaban J connectivity index is 3.46. The predicted molar refractivity (Wildman–Crippen MR) is 38.2 cm³/mol. The van der Waals surface area contributed by atoms with Gasteiger partial charge in [0.25, 0.3) is 5.56 Å². The Bertz CT molecular complexity index is 301. The van der Waals surface area contributed by atoms with Crippen LogP contribution in [0.2, 0.25) is 0 Å². The highest BCUT2D eigenvalue weighted by Gasteiger charge is 1.99. The molecule has 0 aliphatic rings. The lowest BCUT2D eigenvalue weighted by molar-refractivity contribution is 0.462. The molecule has 1 heterocycles. The van der Waals surface area contributed by atoms with Gasteiger partial charge in [0.1, 0.15) is 0 Å². The minimum absolute atomic E-state index is 0.189. The molecule has 1 rings (SSSR count). The van der Waals surface area contributed by atoms with Crippen LogP contribution >= 0.6 is 0 Å². The summed E-state index contributed by atoms with van der Waals surface area (Å²) in [7, 11) is 0. The normalized spacial score (nSPS) is 9.80. The van der Waals surface area contributed by atoms with E-state index >= 15 is 0 Å². The number of aromatic nitrogens is 1. The van der Waals surface area contributed by atoms with E-state index in [0.29, 0.717) is 5.56 Å². The van der Waals surface area contributed by atoms with E-state index in [2.05, 4.69) is 4.98 Å². The highest BCUT2D eigenvalue weighted by Crippen LogP contribution is 2.07. The van der Waals surface area contributed by atoms with Crippen LogP contribution < -0.4 is 5.56 Å². The number of aryl methyl sites for hydroxylation is 2. The fourth-order valence-corrected chi connectivity index (χ4v) is 0.847. The average Bonchev–Trinajstić information content (AvgIpc) is 1.82. The van der Waals surface area contributed by atoms with Gasteiger partial charge in [-0.15, -0.1) is 0 Å². The van der Waals surface area contributed by atoms with Crippen molar-refractivity contribution >= 4 is 0 Å². The highest BCUT2D eigenvalue weighted by atomic mass is 16.3. The molecule has 10 heavy (non-hydrogen) atoms. The molecule has 0 fully saturated rings. The van der Waals surface area contributed by atoms with Gasteiger partial charge in [-0.3, -0.25) is 4.79 Å². The summed E-state index contributed by atoms with van der Waals surface area (Å²) in [5, 5.41) is 8.99. The number of hydrogen-bond donors (Lipinski definition) is 2. The van der Waals surface area contributed by atoms with Gasteiger partial charge in [0.05, 0.1) is 0 Å². The lowest BCUT2D eigenvalue weighted by Crippen LogP contribution is -2.07. The van der Waals surface area contributed by atoms with Crippen LogP contribution in [-0.2, 0) is 0 Å². The zero-order valence-electron chi connectivity index (χ0n) is 5.93. The van der Waals surface area contributed by atoms with Gasteiger partial charge in [0.2, 0.25) is 0 Å². The van der Waals surface area contributed by atoms with Crippen molar-refractivity contribution in [3.63, 3.8) is 0 Å². The number of nitrogens with one attached hydrogen (secondary N) is 1. The molecule has 0 spiro atoms. The van der Waals surface area contributed by atoms with Gasteiger partial charge in [-0.1, -0.05) is 0 Å². The molecular formula is C7H9NO2. The SMILES string of the molecule is Cc1cc(C)c(O)c(=O)[nH]1. The lowest BCUT2D eigenvalue weighted by Gasteiger charge is -1.97. The fourth-order valence-electron chi connectivity index (χ4n) is 0.847. The maximum Gasteiger partial charge on any atom is 0.290 e. The van der Waals surface area contributed by atoms with E-state index in [9.17, 15) is 4.79 Å². The summed E-state index contributed by atoms with van der Waals surface area (Å²) in [5.74, 6) is -0.189. The standard InChI is InChI=1S/C7H9NO2/c1-4-3-5(2)8-7(10)6(4)9/h3,9H,1-2H3,(H,8,10). The monoisotopic (exact) mass is 139 g/mol. The third-order valence-electron chi connectivity index (χ3n) is 1.33. The van der Waals surface area contributed by atoms with E-state index in [-0.39, 0.29) is 5.75 Å². The molecule has 2 N–H and O–H groups in total. The summed E-state index contributed by atoms with van der Waals surface area (Å²) in [6.07, 6.45) is 0.